The molecule has 6 nitrogen and oxygen atoms in total. The van der Waals surface area contributed by atoms with Crippen LogP contribution in [0.3, 0.4) is 0 Å². The molecule has 7 heteroatoms. The molecule has 3 heterocycles. The van der Waals surface area contributed by atoms with Gasteiger partial charge in [0.1, 0.15) is 24.4 Å². The van der Waals surface area contributed by atoms with Crippen LogP contribution in [0.2, 0.25) is 0 Å². The van der Waals surface area contributed by atoms with E-state index in [0.717, 1.165) is 25.2 Å². The second-order valence-corrected chi connectivity index (χ2v) is 5.69. The van der Waals surface area contributed by atoms with Gasteiger partial charge in [0.05, 0.1) is 12.6 Å². The molecular weight excluding hydrogens is 299 g/mol. The molecule has 1 saturated heterocycles. The minimum Gasteiger partial charge on any atom is -0.469 e. The number of morpholine rings is 1. The number of nitrogens with zero attached hydrogens (tertiary/aromatic N) is 4. The first kappa shape index (κ1) is 14.3. The zero-order chi connectivity index (χ0) is 15.6. The third-order valence-corrected chi connectivity index (χ3v) is 4.38. The molecule has 4 rings (SSSR count). The maximum Gasteiger partial charge on any atom is 0.250 e. The second-order valence-electron chi connectivity index (χ2n) is 5.69. The van der Waals surface area contributed by atoms with Crippen molar-refractivity contribution in [1.29, 1.82) is 0 Å². The first-order valence-corrected chi connectivity index (χ1v) is 7.74. The van der Waals surface area contributed by atoms with Crippen molar-refractivity contribution >= 4 is 5.82 Å². The van der Waals surface area contributed by atoms with Crippen molar-refractivity contribution in [1.82, 2.24) is 15.0 Å². The van der Waals surface area contributed by atoms with Crippen LogP contribution in [0.1, 0.15) is 12.8 Å². The molecule has 0 spiro atoms. The van der Waals surface area contributed by atoms with Crippen molar-refractivity contribution < 1.29 is 13.9 Å². The van der Waals surface area contributed by atoms with Crippen molar-refractivity contribution in [3.8, 4) is 5.88 Å². The molecular formula is C16H17FN4O2. The summed E-state index contributed by atoms with van der Waals surface area (Å²) in [6, 6.07) is 4.97. The monoisotopic (exact) mass is 316 g/mol. The number of anilines is 1. The number of ether oxygens (including phenoxy) is 2. The Hall–Kier alpha value is -2.28. The molecule has 0 N–H and O–H groups in total. The smallest absolute Gasteiger partial charge is 0.250 e. The first-order chi connectivity index (χ1) is 11.3. The summed E-state index contributed by atoms with van der Waals surface area (Å²) in [5, 5.41) is 0. The van der Waals surface area contributed by atoms with E-state index >= 15 is 0 Å². The molecule has 0 aromatic carbocycles. The largest absolute Gasteiger partial charge is 0.469 e. The predicted octanol–water partition coefficient (Wildman–Crippen LogP) is 1.83. The third-order valence-electron chi connectivity index (χ3n) is 4.38. The van der Waals surface area contributed by atoms with Crippen LogP contribution in [0.15, 0.2) is 36.9 Å². The Kier molecular flexibility index (Phi) is 3.78. The van der Waals surface area contributed by atoms with Gasteiger partial charge in [0.15, 0.2) is 5.82 Å². The van der Waals surface area contributed by atoms with E-state index in [2.05, 4.69) is 19.9 Å². The number of aromatic nitrogens is 3. The number of rotatable bonds is 3. The predicted molar refractivity (Wildman–Crippen MR) is 80.8 cm³/mol. The van der Waals surface area contributed by atoms with E-state index in [1.165, 1.54) is 12.3 Å². The highest BCUT2D eigenvalue weighted by atomic mass is 19.1. The van der Waals surface area contributed by atoms with Crippen LogP contribution in [0, 0.1) is 5.82 Å². The van der Waals surface area contributed by atoms with Gasteiger partial charge in [0.25, 0.3) is 5.88 Å². The Bertz CT molecular complexity index is 672. The van der Waals surface area contributed by atoms with Crippen LogP contribution < -0.4 is 9.64 Å². The normalized spacial score (nSPS) is 26.8. The van der Waals surface area contributed by atoms with Gasteiger partial charge in [-0.1, -0.05) is 0 Å². The fraction of sp³-hybridized carbons (Fsp3) is 0.438. The maximum absolute atomic E-state index is 13.8. The quantitative estimate of drug-likeness (QED) is 0.861. The molecule has 2 aliphatic rings. The Morgan fingerprint density at radius 1 is 1.22 bits per heavy atom. The Labute approximate surface area is 133 Å². The topological polar surface area (TPSA) is 60.4 Å². The highest BCUT2D eigenvalue weighted by Gasteiger charge is 2.45. The van der Waals surface area contributed by atoms with Gasteiger partial charge >= 0.3 is 0 Å². The molecule has 0 amide bonds. The lowest BCUT2D eigenvalue weighted by Crippen LogP contribution is -2.52. The van der Waals surface area contributed by atoms with E-state index in [1.54, 1.807) is 18.6 Å². The molecule has 0 radical (unpaired) electrons. The van der Waals surface area contributed by atoms with Crippen LogP contribution in [0.5, 0.6) is 5.88 Å². The standard InChI is InChI=1S/C16H17FN4O2/c17-11-2-1-6-19-16(11)23-13-4-3-12-15(13)22-9-8-21(12)14-5-7-18-10-20-14/h1-2,5-7,10,12-13,15H,3-4,8-9H2/t12-,13+,15+/m0/s1. The van der Waals surface area contributed by atoms with E-state index in [0.29, 0.717) is 6.61 Å². The lowest BCUT2D eigenvalue weighted by atomic mass is 10.1. The number of halogens is 1. The molecule has 1 aliphatic heterocycles. The van der Waals surface area contributed by atoms with Crippen LogP contribution in [-0.2, 0) is 4.74 Å². The Morgan fingerprint density at radius 3 is 3.00 bits per heavy atom. The summed E-state index contributed by atoms with van der Waals surface area (Å²) in [6.07, 6.45) is 6.21. The van der Waals surface area contributed by atoms with Gasteiger partial charge in [0, 0.05) is 18.9 Å². The summed E-state index contributed by atoms with van der Waals surface area (Å²) in [6.45, 7) is 1.37. The summed E-state index contributed by atoms with van der Waals surface area (Å²) in [5.74, 6) is 0.489. The van der Waals surface area contributed by atoms with Gasteiger partial charge in [-0.15, -0.1) is 0 Å². The van der Waals surface area contributed by atoms with Crippen molar-refractivity contribution in [3.05, 3.63) is 42.7 Å². The minimum absolute atomic E-state index is 0.0425. The summed E-state index contributed by atoms with van der Waals surface area (Å²) < 4.78 is 25.5. The van der Waals surface area contributed by atoms with Crippen molar-refractivity contribution in [2.75, 3.05) is 18.1 Å². The molecule has 3 atom stereocenters. The van der Waals surface area contributed by atoms with Crippen LogP contribution in [0.4, 0.5) is 10.2 Å². The van der Waals surface area contributed by atoms with Gasteiger partial charge in [0.2, 0.25) is 0 Å². The molecule has 0 bridgehead atoms. The number of fused-ring (bicyclic) bond motifs is 1. The number of pyridine rings is 1. The lowest BCUT2D eigenvalue weighted by molar-refractivity contribution is -0.0331. The molecule has 23 heavy (non-hydrogen) atoms. The van der Waals surface area contributed by atoms with Gasteiger partial charge < -0.3 is 14.4 Å². The highest BCUT2D eigenvalue weighted by molar-refractivity contribution is 5.40. The SMILES string of the molecule is Fc1cccnc1O[C@@H]1CC[C@H]2[C@H]1OCCN2c1ccncn1. The average Bonchev–Trinajstić information content (AvgIpc) is 3.01. The van der Waals surface area contributed by atoms with Crippen LogP contribution >= 0.6 is 0 Å². The van der Waals surface area contributed by atoms with Crippen molar-refractivity contribution in [2.24, 2.45) is 0 Å². The fourth-order valence-electron chi connectivity index (χ4n) is 3.38. The van der Waals surface area contributed by atoms with E-state index in [-0.39, 0.29) is 24.1 Å². The van der Waals surface area contributed by atoms with Crippen LogP contribution in [-0.4, -0.2) is 46.4 Å². The summed E-state index contributed by atoms with van der Waals surface area (Å²) >= 11 is 0. The van der Waals surface area contributed by atoms with Crippen molar-refractivity contribution in [2.45, 2.75) is 31.1 Å². The lowest BCUT2D eigenvalue weighted by Gasteiger charge is -2.39. The Balaban J connectivity index is 1.52. The van der Waals surface area contributed by atoms with Gasteiger partial charge in [-0.2, -0.15) is 0 Å². The zero-order valence-electron chi connectivity index (χ0n) is 12.5. The summed E-state index contributed by atoms with van der Waals surface area (Å²) in [7, 11) is 0. The van der Waals surface area contributed by atoms with Gasteiger partial charge in [-0.05, 0) is 31.0 Å². The van der Waals surface area contributed by atoms with Gasteiger partial charge in [-0.25, -0.2) is 19.3 Å². The van der Waals surface area contributed by atoms with Crippen molar-refractivity contribution in [3.63, 3.8) is 0 Å². The molecule has 2 fully saturated rings. The van der Waals surface area contributed by atoms with Gasteiger partial charge in [-0.3, -0.25) is 0 Å². The molecule has 0 unspecified atom stereocenters. The molecule has 2 aromatic rings. The summed E-state index contributed by atoms with van der Waals surface area (Å²) in [4.78, 5) is 14.5. The average molecular weight is 316 g/mol. The number of hydrogen-bond donors (Lipinski definition) is 0. The van der Waals surface area contributed by atoms with E-state index in [9.17, 15) is 4.39 Å². The zero-order valence-corrected chi connectivity index (χ0v) is 12.5. The van der Waals surface area contributed by atoms with E-state index < -0.39 is 5.82 Å². The Morgan fingerprint density at radius 2 is 2.17 bits per heavy atom. The molecule has 1 aliphatic carbocycles. The van der Waals surface area contributed by atoms with E-state index in [1.807, 2.05) is 6.07 Å². The molecule has 1 saturated carbocycles. The fourth-order valence-corrected chi connectivity index (χ4v) is 3.38. The minimum atomic E-state index is -0.445. The molecule has 120 valence electrons. The maximum atomic E-state index is 13.8. The number of hydrogen-bond acceptors (Lipinski definition) is 6. The summed E-state index contributed by atoms with van der Waals surface area (Å²) in [5.41, 5.74) is 0. The molecule has 2 aromatic heterocycles. The third kappa shape index (κ3) is 2.72. The highest BCUT2D eigenvalue weighted by Crippen LogP contribution is 2.34. The van der Waals surface area contributed by atoms with E-state index in [4.69, 9.17) is 9.47 Å². The van der Waals surface area contributed by atoms with Crippen LogP contribution in [0.25, 0.3) is 0 Å². The first-order valence-electron chi connectivity index (χ1n) is 7.74. The second kappa shape index (κ2) is 6.08.